The van der Waals surface area contributed by atoms with E-state index >= 15 is 0 Å². The number of hydrogen-bond acceptors (Lipinski definition) is 22. The van der Waals surface area contributed by atoms with E-state index in [1.807, 2.05) is 141 Å². The van der Waals surface area contributed by atoms with E-state index in [0.717, 1.165) is 216 Å². The molecule has 5 heterocycles. The van der Waals surface area contributed by atoms with Crippen LogP contribution in [0.4, 0.5) is 53.0 Å². The van der Waals surface area contributed by atoms with Crippen molar-refractivity contribution in [3.05, 3.63) is 178 Å². The fraction of sp³-hybridized carbons (Fsp3) is 0.580. The molecule has 12 rings (SSSR count). The molecule has 7 aromatic carbocycles. The minimum atomic E-state index is -0.325. The fourth-order valence-electron chi connectivity index (χ4n) is 13.0. The molecule has 5 saturated heterocycles. The largest absolute Gasteiger partial charge is 0.492 e. The van der Waals surface area contributed by atoms with Crippen LogP contribution >= 0.6 is 34.8 Å². The average Bonchev–Trinajstić information content (AvgIpc) is 0.862. The summed E-state index contributed by atoms with van der Waals surface area (Å²) in [6.07, 6.45) is 0. The number of rotatable bonds is 27. The Balaban J connectivity index is 0.000000233. The molecule has 0 spiro atoms. The van der Waals surface area contributed by atoms with Crippen molar-refractivity contribution < 1.29 is 60.5 Å². The molecular formula is C100H154Cl3F3N12O10. The zero-order chi connectivity index (χ0) is 94.0. The Hall–Kier alpha value is -7.60. The average molecular weight is 1850 g/mol. The van der Waals surface area contributed by atoms with E-state index in [-0.39, 0.29) is 56.2 Å². The molecule has 5 fully saturated rings. The third-order valence-corrected chi connectivity index (χ3v) is 19.9. The maximum Gasteiger partial charge on any atom is 0.188 e. The van der Waals surface area contributed by atoms with Gasteiger partial charge in [-0.15, -0.1) is 0 Å². The summed E-state index contributed by atoms with van der Waals surface area (Å²) in [7, 11) is 0. The van der Waals surface area contributed by atoms with Crippen molar-refractivity contribution in [1.82, 2.24) is 24.5 Å². The van der Waals surface area contributed by atoms with Crippen LogP contribution in [0.15, 0.2) is 146 Å². The van der Waals surface area contributed by atoms with Gasteiger partial charge in [0.2, 0.25) is 0 Å². The van der Waals surface area contributed by atoms with Gasteiger partial charge in [-0.3, -0.25) is 24.5 Å². The lowest BCUT2D eigenvalue weighted by molar-refractivity contribution is 0.0320. The Bertz CT molecular complexity index is 4000. The van der Waals surface area contributed by atoms with Crippen molar-refractivity contribution >= 4 is 74.6 Å². The number of nitrogens with one attached hydrogen (secondary N) is 7. The standard InChI is InChI=1S/2C16H25ClN2O2.2C16H25FN2O2.C16H26N2O2.C10H14ClN.C10H14FN/c1-16(2,3)18-15-12-13(4-5-14(15)17)21-11-8-19-6-9-20-10-7-19;1-16(2,3)18-13-5-4-6-14(15(13)17)21-12-9-19-7-10-20-11-8-19;1-16(2,3)18-15-12-13(4-5-14(15)17)21-11-8-19-6-9-20-10-7-19;1-16(2,3)18-13-5-4-6-14(15(13)17)21-12-9-19-7-10-20-11-8-19;1-16(2,3)17-14-5-4-6-15(13-14)20-12-9-18-7-10-19-11-8-18;2*1-10(2,3)12-9-7-5-4-6-8(9)11/h4-5,12,18H,6-11H2,1-3H3;4-6,18H,7-12H2,1-3H3;4-5,12,18H,6-11H2,1-3H3;4-6,18H,7-12H2,1-3H3;4-6,13,17H,7-12H2,1-3H3;2*4-7,12H,1-3H3. The molecule has 0 aromatic heterocycles. The van der Waals surface area contributed by atoms with Crippen molar-refractivity contribution in [1.29, 1.82) is 0 Å². The van der Waals surface area contributed by atoms with Gasteiger partial charge < -0.3 is 84.6 Å². The molecule has 0 amide bonds. The maximum atomic E-state index is 14.3. The van der Waals surface area contributed by atoms with E-state index in [2.05, 4.69) is 157 Å². The van der Waals surface area contributed by atoms with E-state index in [0.29, 0.717) is 65.0 Å². The Kier molecular flexibility index (Phi) is 46.9. The zero-order valence-corrected chi connectivity index (χ0v) is 82.9. The number of benzene rings is 7. The Morgan fingerprint density at radius 2 is 0.570 bits per heavy atom. The number of nitrogens with zero attached hydrogens (tertiary/aromatic N) is 5. The van der Waals surface area contributed by atoms with Crippen molar-refractivity contribution in [2.24, 2.45) is 0 Å². The first-order valence-electron chi connectivity index (χ1n) is 45.2. The number of morpholine rings is 5. The molecule has 28 heteroatoms. The maximum absolute atomic E-state index is 14.3. The third-order valence-electron chi connectivity index (χ3n) is 18.8. The van der Waals surface area contributed by atoms with Crippen LogP contribution in [0.5, 0.6) is 28.7 Å². The van der Waals surface area contributed by atoms with E-state index in [1.165, 1.54) is 12.1 Å². The monoisotopic (exact) mass is 1850 g/mol. The smallest absolute Gasteiger partial charge is 0.188 e. The lowest BCUT2D eigenvalue weighted by Gasteiger charge is -2.26. The van der Waals surface area contributed by atoms with E-state index in [4.69, 9.17) is 82.2 Å². The molecule has 5 aliphatic rings. The van der Waals surface area contributed by atoms with Gasteiger partial charge in [-0.1, -0.05) is 77.3 Å². The normalized spacial score (nSPS) is 15.8. The first-order chi connectivity index (χ1) is 60.3. The number of hydrogen-bond donors (Lipinski definition) is 7. The summed E-state index contributed by atoms with van der Waals surface area (Å²) < 4.78 is 96.6. The van der Waals surface area contributed by atoms with Gasteiger partial charge in [0, 0.05) is 161 Å². The molecule has 0 aliphatic carbocycles. The highest BCUT2D eigenvalue weighted by Gasteiger charge is 2.23. The molecule has 716 valence electrons. The predicted molar refractivity (Wildman–Crippen MR) is 527 cm³/mol. The van der Waals surface area contributed by atoms with Gasteiger partial charge in [0.1, 0.15) is 72.7 Å². The second kappa shape index (κ2) is 55.0. The fourth-order valence-corrected chi connectivity index (χ4v) is 13.6. The van der Waals surface area contributed by atoms with Crippen LogP contribution in [0, 0.1) is 17.5 Å². The number of halogens is 6. The highest BCUT2D eigenvalue weighted by Crippen LogP contribution is 2.35. The SMILES string of the molecule is CC(C)(C)Nc1cc(OCCN2CCOCC2)ccc1Cl.CC(C)(C)Nc1cc(OCCN2CCOCC2)ccc1F.CC(C)(C)Nc1cccc(OCCN2CCOCC2)c1.CC(C)(C)Nc1cccc(OCCN2CCOCC2)c1Cl.CC(C)(C)Nc1cccc(OCCN2CCOCC2)c1F.CC(C)(C)Nc1ccccc1Cl.CC(C)(C)Nc1ccccc1F. The molecule has 5 aliphatic heterocycles. The van der Waals surface area contributed by atoms with Crippen LogP contribution in [0.25, 0.3) is 0 Å². The Morgan fingerprint density at radius 1 is 0.273 bits per heavy atom. The van der Waals surface area contributed by atoms with Crippen LogP contribution < -0.4 is 60.9 Å². The van der Waals surface area contributed by atoms with E-state index in [1.54, 1.807) is 42.5 Å². The first-order valence-corrected chi connectivity index (χ1v) is 46.3. The van der Waals surface area contributed by atoms with E-state index in [9.17, 15) is 13.2 Å². The minimum absolute atomic E-state index is 0.0317. The number of para-hydroxylation sites is 2. The van der Waals surface area contributed by atoms with Crippen molar-refractivity contribution in [2.75, 3.05) is 234 Å². The quantitative estimate of drug-likeness (QED) is 0.0257. The molecule has 0 atom stereocenters. The van der Waals surface area contributed by atoms with Crippen LogP contribution in [0.2, 0.25) is 15.1 Å². The molecule has 0 radical (unpaired) electrons. The molecule has 22 nitrogen and oxygen atoms in total. The van der Waals surface area contributed by atoms with Crippen LogP contribution in [-0.2, 0) is 23.7 Å². The van der Waals surface area contributed by atoms with Gasteiger partial charge in [-0.05, 0) is 230 Å². The number of anilines is 7. The molecular weight excluding hydrogens is 1690 g/mol. The van der Waals surface area contributed by atoms with Gasteiger partial charge in [-0.2, -0.15) is 0 Å². The minimum Gasteiger partial charge on any atom is -0.492 e. The van der Waals surface area contributed by atoms with Gasteiger partial charge in [0.25, 0.3) is 0 Å². The summed E-state index contributed by atoms with van der Waals surface area (Å²) in [5, 5.41) is 25.1. The lowest BCUT2D eigenvalue weighted by atomic mass is 10.1. The summed E-state index contributed by atoms with van der Waals surface area (Å²) in [6, 6.07) is 44.3. The second-order valence-corrected chi connectivity index (χ2v) is 40.3. The second-order valence-electron chi connectivity index (χ2n) is 39.1. The summed E-state index contributed by atoms with van der Waals surface area (Å²) in [5.74, 6) is 2.72. The van der Waals surface area contributed by atoms with Crippen molar-refractivity contribution in [3.8, 4) is 28.7 Å². The summed E-state index contributed by atoms with van der Waals surface area (Å²) >= 11 is 18.6. The predicted octanol–water partition coefficient (Wildman–Crippen LogP) is 21.2. The van der Waals surface area contributed by atoms with Gasteiger partial charge in [0.15, 0.2) is 11.6 Å². The summed E-state index contributed by atoms with van der Waals surface area (Å²) in [5.41, 5.74) is 5.02. The van der Waals surface area contributed by atoms with Crippen LogP contribution in [-0.4, -0.2) is 261 Å². The molecule has 7 aromatic rings. The highest BCUT2D eigenvalue weighted by molar-refractivity contribution is 6.35. The molecule has 7 N–H and O–H groups in total. The first kappa shape index (κ1) is 109. The van der Waals surface area contributed by atoms with Crippen LogP contribution in [0.3, 0.4) is 0 Å². The van der Waals surface area contributed by atoms with E-state index < -0.39 is 0 Å². The van der Waals surface area contributed by atoms with Gasteiger partial charge >= 0.3 is 0 Å². The van der Waals surface area contributed by atoms with Crippen molar-refractivity contribution in [2.45, 2.75) is 184 Å². The number of ether oxygens (including phenoxy) is 10. The lowest BCUT2D eigenvalue weighted by Crippen LogP contribution is -2.38. The molecule has 0 saturated carbocycles. The van der Waals surface area contributed by atoms with Gasteiger partial charge in [0.05, 0.1) is 110 Å². The topological polar surface area (TPSA) is 193 Å². The summed E-state index contributed by atoms with van der Waals surface area (Å²) in [4.78, 5) is 11.6. The van der Waals surface area contributed by atoms with Crippen LogP contribution in [0.1, 0.15) is 145 Å². The van der Waals surface area contributed by atoms with Gasteiger partial charge in [-0.25, -0.2) is 13.2 Å². The Labute approximate surface area is 780 Å². The molecule has 0 unspecified atom stereocenters. The Morgan fingerprint density at radius 3 is 0.992 bits per heavy atom. The summed E-state index contributed by atoms with van der Waals surface area (Å²) in [6.45, 7) is 68.7. The highest BCUT2D eigenvalue weighted by atomic mass is 35.5. The third kappa shape index (κ3) is 48.5. The molecule has 0 bridgehead atoms. The molecule has 128 heavy (non-hydrogen) atoms. The zero-order valence-electron chi connectivity index (χ0n) is 80.7. The van der Waals surface area contributed by atoms with Crippen molar-refractivity contribution in [3.63, 3.8) is 0 Å².